The molecule has 0 aromatic carbocycles. The van der Waals surface area contributed by atoms with E-state index in [1.165, 1.54) is 263 Å². The number of rotatable bonds is 82. The molecular formula is C82H160O17P2. The predicted octanol–water partition coefficient (Wildman–Crippen LogP) is 24.8. The van der Waals surface area contributed by atoms with Crippen LogP contribution < -0.4 is 0 Å². The van der Waals surface area contributed by atoms with E-state index in [0.717, 1.165) is 95.8 Å². The molecule has 0 radical (unpaired) electrons. The number of unbranched alkanes of at least 4 members (excludes halogenated alkanes) is 54. The summed E-state index contributed by atoms with van der Waals surface area (Å²) >= 11 is 0. The minimum Gasteiger partial charge on any atom is -0.462 e. The van der Waals surface area contributed by atoms with E-state index in [4.69, 9.17) is 37.0 Å². The van der Waals surface area contributed by atoms with E-state index in [9.17, 15) is 43.2 Å². The first-order valence-corrected chi connectivity index (χ1v) is 45.6. The van der Waals surface area contributed by atoms with Gasteiger partial charge in [0.15, 0.2) is 12.2 Å². The lowest BCUT2D eigenvalue weighted by atomic mass is 10.0. The van der Waals surface area contributed by atoms with E-state index >= 15 is 0 Å². The number of carbonyl (C=O) groups excluding carboxylic acids is 4. The summed E-state index contributed by atoms with van der Waals surface area (Å²) in [6.07, 6.45) is 66.7. The van der Waals surface area contributed by atoms with E-state index in [1.54, 1.807) is 0 Å². The van der Waals surface area contributed by atoms with Crippen molar-refractivity contribution in [2.24, 2.45) is 5.92 Å². The maximum atomic E-state index is 13.1. The second-order valence-corrected chi connectivity index (χ2v) is 32.9. The number of hydrogen-bond donors (Lipinski definition) is 3. The van der Waals surface area contributed by atoms with Crippen LogP contribution in [-0.4, -0.2) is 96.7 Å². The SMILES string of the molecule is CCCCCCCCCCCCCCCCCCCCCCC(=O)O[C@H](COC(=O)CCCCCCCCCCCCCCCCCCCC)COP(=O)(O)OC[C@@H](O)COP(=O)(O)OC[C@@H](COC(=O)CCCCCCCCCCC)OC(=O)CCCCCCCCCCCCCC(C)C. The van der Waals surface area contributed by atoms with Crippen molar-refractivity contribution in [2.45, 2.75) is 457 Å². The molecule has 0 aliphatic heterocycles. The molecule has 600 valence electrons. The van der Waals surface area contributed by atoms with Crippen LogP contribution in [0.25, 0.3) is 0 Å². The molecular weight excluding hydrogens is 1320 g/mol. The Bertz CT molecular complexity index is 1930. The summed E-state index contributed by atoms with van der Waals surface area (Å²) in [7, 11) is -9.92. The highest BCUT2D eigenvalue weighted by atomic mass is 31.2. The van der Waals surface area contributed by atoms with Gasteiger partial charge < -0.3 is 33.8 Å². The van der Waals surface area contributed by atoms with Gasteiger partial charge in [0.2, 0.25) is 0 Å². The van der Waals surface area contributed by atoms with Gasteiger partial charge in [0.05, 0.1) is 26.4 Å². The largest absolute Gasteiger partial charge is 0.472 e. The molecule has 3 N–H and O–H groups in total. The molecule has 0 aromatic rings. The summed E-state index contributed by atoms with van der Waals surface area (Å²) in [5.74, 6) is -1.34. The van der Waals surface area contributed by atoms with Crippen LogP contribution in [0.4, 0.5) is 0 Å². The monoisotopic (exact) mass is 1480 g/mol. The fourth-order valence-electron chi connectivity index (χ4n) is 12.8. The van der Waals surface area contributed by atoms with Crippen molar-refractivity contribution < 1.29 is 80.2 Å². The van der Waals surface area contributed by atoms with Gasteiger partial charge in [-0.3, -0.25) is 37.3 Å². The Balaban J connectivity index is 5.21. The van der Waals surface area contributed by atoms with Gasteiger partial charge in [-0.15, -0.1) is 0 Å². The lowest BCUT2D eigenvalue weighted by Crippen LogP contribution is -2.30. The topological polar surface area (TPSA) is 237 Å². The third-order valence-corrected chi connectivity index (χ3v) is 21.2. The minimum absolute atomic E-state index is 0.107. The Morgan fingerprint density at radius 2 is 0.455 bits per heavy atom. The van der Waals surface area contributed by atoms with Gasteiger partial charge >= 0.3 is 39.5 Å². The first-order valence-electron chi connectivity index (χ1n) is 42.6. The number of aliphatic hydroxyl groups is 1. The number of carbonyl (C=O) groups is 4. The summed E-state index contributed by atoms with van der Waals surface area (Å²) in [6, 6.07) is 0. The first kappa shape index (κ1) is 99.1. The number of phosphoric acid groups is 2. The summed E-state index contributed by atoms with van der Waals surface area (Å²) in [6.45, 7) is 7.32. The van der Waals surface area contributed by atoms with Crippen LogP contribution in [0, 0.1) is 5.92 Å². The highest BCUT2D eigenvalue weighted by Crippen LogP contribution is 2.45. The standard InChI is InChI=1S/C82H160O17P2/c1-6-9-12-15-18-21-23-25-27-29-31-32-34-36-38-42-47-52-57-62-67-81(86)99-78(72-93-80(85)66-61-56-51-46-41-37-35-33-30-28-26-24-22-19-16-13-10-7-2)74-97-101(90,91)95-70-76(83)69-94-100(88,89)96-73-77(71-92-79(84)65-60-55-50-44-20-17-14-11-8-3)98-82(87)68-63-58-53-48-43-39-40-45-49-54-59-64-75(4)5/h75-78,83H,6-74H2,1-5H3,(H,88,89)(H,90,91)/t76-,77+,78+/m0/s1. The molecule has 0 saturated carbocycles. The molecule has 0 aliphatic rings. The molecule has 101 heavy (non-hydrogen) atoms. The highest BCUT2D eigenvalue weighted by molar-refractivity contribution is 7.47. The van der Waals surface area contributed by atoms with Crippen molar-refractivity contribution >= 4 is 39.5 Å². The van der Waals surface area contributed by atoms with Gasteiger partial charge in [0.1, 0.15) is 19.3 Å². The van der Waals surface area contributed by atoms with Crippen LogP contribution >= 0.6 is 15.6 Å². The number of aliphatic hydroxyl groups excluding tert-OH is 1. The molecule has 0 fully saturated rings. The molecule has 0 rings (SSSR count). The van der Waals surface area contributed by atoms with Crippen LogP contribution in [0.15, 0.2) is 0 Å². The van der Waals surface area contributed by atoms with Crippen molar-refractivity contribution in [1.29, 1.82) is 0 Å². The van der Waals surface area contributed by atoms with Gasteiger partial charge in [0, 0.05) is 25.7 Å². The first-order chi connectivity index (χ1) is 49.0. The number of hydrogen-bond acceptors (Lipinski definition) is 15. The van der Waals surface area contributed by atoms with Crippen molar-refractivity contribution in [1.82, 2.24) is 0 Å². The highest BCUT2D eigenvalue weighted by Gasteiger charge is 2.30. The second-order valence-electron chi connectivity index (χ2n) is 30.0. The lowest BCUT2D eigenvalue weighted by molar-refractivity contribution is -0.161. The summed E-state index contributed by atoms with van der Waals surface area (Å²) in [5, 5.41) is 10.6. The van der Waals surface area contributed by atoms with Crippen molar-refractivity contribution in [3.8, 4) is 0 Å². The van der Waals surface area contributed by atoms with Gasteiger partial charge in [-0.25, -0.2) is 9.13 Å². The molecule has 0 heterocycles. The summed E-state index contributed by atoms with van der Waals surface area (Å²) in [4.78, 5) is 73.0. The van der Waals surface area contributed by atoms with E-state index in [-0.39, 0.29) is 25.7 Å². The van der Waals surface area contributed by atoms with Gasteiger partial charge in [-0.2, -0.15) is 0 Å². The maximum Gasteiger partial charge on any atom is 0.472 e. The van der Waals surface area contributed by atoms with E-state index in [1.807, 2.05) is 0 Å². The fourth-order valence-corrected chi connectivity index (χ4v) is 14.3. The number of phosphoric ester groups is 2. The third-order valence-electron chi connectivity index (χ3n) is 19.3. The van der Waals surface area contributed by atoms with Crippen LogP contribution in [0.1, 0.15) is 439 Å². The zero-order valence-corrected chi connectivity index (χ0v) is 67.8. The molecule has 17 nitrogen and oxygen atoms in total. The summed E-state index contributed by atoms with van der Waals surface area (Å²) in [5.41, 5.74) is 0. The second kappa shape index (κ2) is 74.9. The Hall–Kier alpha value is -1.94. The van der Waals surface area contributed by atoms with E-state index in [0.29, 0.717) is 25.7 Å². The van der Waals surface area contributed by atoms with E-state index in [2.05, 4.69) is 34.6 Å². The van der Waals surface area contributed by atoms with Crippen LogP contribution in [0.3, 0.4) is 0 Å². The average Bonchev–Trinajstić information content (AvgIpc) is 0.981. The Morgan fingerprint density at radius 1 is 0.267 bits per heavy atom. The fraction of sp³-hybridized carbons (Fsp3) is 0.951. The molecule has 2 unspecified atom stereocenters. The summed E-state index contributed by atoms with van der Waals surface area (Å²) < 4.78 is 68.7. The van der Waals surface area contributed by atoms with Crippen LogP contribution in [0.5, 0.6) is 0 Å². The predicted molar refractivity (Wildman–Crippen MR) is 414 cm³/mol. The van der Waals surface area contributed by atoms with Crippen molar-refractivity contribution in [3.05, 3.63) is 0 Å². The van der Waals surface area contributed by atoms with Crippen LogP contribution in [0.2, 0.25) is 0 Å². The van der Waals surface area contributed by atoms with Crippen LogP contribution in [-0.2, 0) is 65.4 Å². The Labute approximate surface area is 619 Å². The van der Waals surface area contributed by atoms with Crippen molar-refractivity contribution in [3.63, 3.8) is 0 Å². The Morgan fingerprint density at radius 3 is 0.673 bits per heavy atom. The normalized spacial score (nSPS) is 13.8. The smallest absolute Gasteiger partial charge is 0.462 e. The quantitative estimate of drug-likeness (QED) is 0.0222. The minimum atomic E-state index is -4.96. The molecule has 5 atom stereocenters. The molecule has 0 saturated heterocycles. The Kier molecular flexibility index (Phi) is 73.5. The van der Waals surface area contributed by atoms with E-state index < -0.39 is 97.5 Å². The van der Waals surface area contributed by atoms with Gasteiger partial charge in [-0.05, 0) is 31.6 Å². The zero-order chi connectivity index (χ0) is 74.1. The molecule has 0 spiro atoms. The zero-order valence-electron chi connectivity index (χ0n) is 66.1. The van der Waals surface area contributed by atoms with Crippen molar-refractivity contribution in [2.75, 3.05) is 39.6 Å². The molecule has 0 aromatic heterocycles. The lowest BCUT2D eigenvalue weighted by Gasteiger charge is -2.21. The molecule has 0 amide bonds. The van der Waals surface area contributed by atoms with Gasteiger partial charge in [0.25, 0.3) is 0 Å². The maximum absolute atomic E-state index is 13.1. The third kappa shape index (κ3) is 76.1. The number of ether oxygens (including phenoxy) is 4. The van der Waals surface area contributed by atoms with Gasteiger partial charge in [-0.1, -0.05) is 388 Å². The molecule has 0 aliphatic carbocycles. The number of esters is 4. The average molecular weight is 1480 g/mol. The molecule has 0 bridgehead atoms. The molecule has 19 heteroatoms.